The van der Waals surface area contributed by atoms with E-state index in [0.717, 1.165) is 32.1 Å². The summed E-state index contributed by atoms with van der Waals surface area (Å²) in [7, 11) is 1.57. The minimum absolute atomic E-state index is 0.0148. The molecule has 0 saturated heterocycles. The highest BCUT2D eigenvalue weighted by Gasteiger charge is 2.24. The summed E-state index contributed by atoms with van der Waals surface area (Å²) in [5.41, 5.74) is 1.29. The fourth-order valence-electron chi connectivity index (χ4n) is 8.79. The number of methoxy groups -OCH3 is 1. The molecule has 0 bridgehead atoms. The number of carbonyl (C=O) groups excluding carboxylic acids is 10. The van der Waals surface area contributed by atoms with Crippen LogP contribution < -0.4 is 61.5 Å². The molecule has 542 valence electrons. The Morgan fingerprint density at radius 3 is 1.41 bits per heavy atom. The molecule has 100 heavy (non-hydrogen) atoms. The minimum atomic E-state index is -0.736. The predicted molar refractivity (Wildman–Crippen MR) is 378 cm³/mol. The minimum Gasteiger partial charge on any atom is -0.492 e. The molecule has 0 saturated carbocycles. The zero-order valence-corrected chi connectivity index (χ0v) is 57.5. The summed E-state index contributed by atoms with van der Waals surface area (Å²) in [6.45, 7) is 15.7. The molecule has 4 aromatic carbocycles. The number of unbranched alkanes of at least 4 members (excludes halogenated alkanes) is 4. The van der Waals surface area contributed by atoms with E-state index in [4.69, 9.17) is 42.6 Å². The summed E-state index contributed by atoms with van der Waals surface area (Å²) in [4.78, 5) is 131. The van der Waals surface area contributed by atoms with Crippen molar-refractivity contribution in [2.45, 2.75) is 97.3 Å². The van der Waals surface area contributed by atoms with E-state index < -0.39 is 79.5 Å². The number of rotatable bonds is 52. The molecular weight excluding hydrogens is 1290 g/mol. The molecule has 0 heterocycles. The van der Waals surface area contributed by atoms with Gasteiger partial charge < -0.3 is 85.2 Å². The molecule has 0 atom stereocenters. The second-order valence-corrected chi connectivity index (χ2v) is 22.0. The second-order valence-electron chi connectivity index (χ2n) is 22.0. The molecule has 27 heteroatoms. The van der Waals surface area contributed by atoms with Crippen LogP contribution in [0.5, 0.6) is 23.0 Å². The van der Waals surface area contributed by atoms with Crippen molar-refractivity contribution < 1.29 is 90.6 Å². The molecule has 0 spiro atoms. The Kier molecular flexibility index (Phi) is 40.3. The van der Waals surface area contributed by atoms with Crippen LogP contribution in [0.2, 0.25) is 0 Å². The number of esters is 2. The van der Waals surface area contributed by atoms with Gasteiger partial charge in [-0.15, -0.1) is 19.7 Å². The van der Waals surface area contributed by atoms with Crippen LogP contribution in [0.1, 0.15) is 139 Å². The third-order valence-electron chi connectivity index (χ3n) is 13.9. The molecule has 0 aliphatic rings. The van der Waals surface area contributed by atoms with Gasteiger partial charge in [0.2, 0.25) is 17.7 Å². The van der Waals surface area contributed by atoms with E-state index in [0.29, 0.717) is 89.3 Å². The fourth-order valence-corrected chi connectivity index (χ4v) is 8.79. The molecular formula is C73H96N8O19. The lowest BCUT2D eigenvalue weighted by atomic mass is 10.1. The highest BCUT2D eigenvalue weighted by Crippen LogP contribution is 2.31. The van der Waals surface area contributed by atoms with Crippen molar-refractivity contribution >= 4 is 81.9 Å². The lowest BCUT2D eigenvalue weighted by Gasteiger charge is -2.17. The number of ether oxygens (including phenoxy) is 9. The quantitative estimate of drug-likeness (QED) is 0.0116. The van der Waals surface area contributed by atoms with Crippen LogP contribution in [0.15, 0.2) is 123 Å². The molecule has 0 aromatic heterocycles. The van der Waals surface area contributed by atoms with Gasteiger partial charge in [-0.1, -0.05) is 69.6 Å². The van der Waals surface area contributed by atoms with Gasteiger partial charge in [0.1, 0.15) is 36.1 Å². The molecule has 0 aliphatic heterocycles. The Morgan fingerprint density at radius 2 is 0.860 bits per heavy atom. The van der Waals surface area contributed by atoms with Crippen molar-refractivity contribution in [1.29, 1.82) is 0 Å². The lowest BCUT2D eigenvalue weighted by molar-refractivity contribution is -0.147. The fraction of sp³-hybridized carbons (Fsp3) is 0.425. The van der Waals surface area contributed by atoms with E-state index >= 15 is 0 Å². The van der Waals surface area contributed by atoms with Crippen molar-refractivity contribution in [3.8, 4) is 23.0 Å². The van der Waals surface area contributed by atoms with Gasteiger partial charge in [-0.3, -0.25) is 47.9 Å². The molecule has 0 fully saturated rings. The van der Waals surface area contributed by atoms with Crippen LogP contribution in [0.3, 0.4) is 0 Å². The van der Waals surface area contributed by atoms with Crippen molar-refractivity contribution in [3.05, 3.63) is 145 Å². The number of hydrogen-bond donors (Lipinski definition) is 8. The van der Waals surface area contributed by atoms with Gasteiger partial charge >= 0.3 is 11.9 Å². The summed E-state index contributed by atoms with van der Waals surface area (Å²) < 4.78 is 49.9. The van der Waals surface area contributed by atoms with Crippen LogP contribution >= 0.6 is 0 Å². The topological polar surface area (TPSA) is 350 Å². The maximum absolute atomic E-state index is 13.7. The zero-order chi connectivity index (χ0) is 72.5. The first-order valence-electron chi connectivity index (χ1n) is 33.4. The summed E-state index contributed by atoms with van der Waals surface area (Å²) in [6.07, 6.45) is 15.6. The Morgan fingerprint density at radius 1 is 0.390 bits per heavy atom. The lowest BCUT2D eigenvalue weighted by Crippen LogP contribution is -2.34. The largest absolute Gasteiger partial charge is 0.492 e. The van der Waals surface area contributed by atoms with E-state index in [1.54, 1.807) is 61.8 Å². The first-order chi connectivity index (χ1) is 48.5. The maximum atomic E-state index is 13.7. The summed E-state index contributed by atoms with van der Waals surface area (Å²) in [6, 6.07) is 18.1. The third kappa shape index (κ3) is 33.2. The summed E-state index contributed by atoms with van der Waals surface area (Å²) >= 11 is 0. The van der Waals surface area contributed by atoms with Crippen LogP contribution in [0, 0.1) is 0 Å². The van der Waals surface area contributed by atoms with E-state index in [-0.39, 0.29) is 109 Å². The van der Waals surface area contributed by atoms with E-state index in [1.807, 2.05) is 13.8 Å². The third-order valence-corrected chi connectivity index (χ3v) is 13.9. The van der Waals surface area contributed by atoms with Gasteiger partial charge in [-0.05, 0) is 112 Å². The molecule has 4 rings (SSSR count). The number of anilines is 4. The summed E-state index contributed by atoms with van der Waals surface area (Å²) in [5.74, 6) is -5.40. The van der Waals surface area contributed by atoms with Crippen molar-refractivity contribution in [2.24, 2.45) is 0 Å². The highest BCUT2D eigenvalue weighted by atomic mass is 16.6. The number of benzene rings is 4. The van der Waals surface area contributed by atoms with E-state index in [2.05, 4.69) is 62.3 Å². The highest BCUT2D eigenvalue weighted by molar-refractivity contribution is 6.06. The normalized spacial score (nSPS) is 10.7. The monoisotopic (exact) mass is 1390 g/mol. The number of carbonyl (C=O) groups is 10. The van der Waals surface area contributed by atoms with Gasteiger partial charge in [0.15, 0.2) is 6.61 Å². The van der Waals surface area contributed by atoms with Gasteiger partial charge in [-0.25, -0.2) is 0 Å². The zero-order valence-electron chi connectivity index (χ0n) is 57.5. The van der Waals surface area contributed by atoms with Crippen LogP contribution in [-0.2, 0) is 52.5 Å². The Bertz CT molecular complexity index is 3370. The van der Waals surface area contributed by atoms with Crippen molar-refractivity contribution in [3.63, 3.8) is 0 Å². The average Bonchev–Trinajstić information content (AvgIpc) is 0.802. The Balaban J connectivity index is 1.23. The average molecular weight is 1390 g/mol. The number of amides is 8. The van der Waals surface area contributed by atoms with E-state index in [9.17, 15) is 47.9 Å². The Hall–Kier alpha value is -10.4. The molecule has 0 aliphatic carbocycles. The number of allylic oxidation sites excluding steroid dienone is 1. The van der Waals surface area contributed by atoms with Gasteiger partial charge in [0.25, 0.3) is 29.5 Å². The maximum Gasteiger partial charge on any atom is 0.325 e. The second kappa shape index (κ2) is 49.2. The molecule has 27 nitrogen and oxygen atoms in total. The molecule has 0 radical (unpaired) electrons. The van der Waals surface area contributed by atoms with Crippen LogP contribution in [-0.4, -0.2) is 165 Å². The van der Waals surface area contributed by atoms with Crippen molar-refractivity contribution in [2.75, 3.05) is 127 Å². The van der Waals surface area contributed by atoms with Crippen molar-refractivity contribution in [1.82, 2.24) is 21.3 Å². The van der Waals surface area contributed by atoms with Crippen LogP contribution in [0.4, 0.5) is 22.7 Å². The molecule has 8 amide bonds. The van der Waals surface area contributed by atoms with Crippen LogP contribution in [0.25, 0.3) is 0 Å². The predicted octanol–water partition coefficient (Wildman–Crippen LogP) is 8.97. The smallest absolute Gasteiger partial charge is 0.325 e. The molecule has 4 aromatic rings. The van der Waals surface area contributed by atoms with Gasteiger partial charge in [-0.2, -0.15) is 0 Å². The van der Waals surface area contributed by atoms with E-state index in [1.165, 1.54) is 48.5 Å². The van der Waals surface area contributed by atoms with Gasteiger partial charge in [0, 0.05) is 55.3 Å². The number of nitrogens with one attached hydrogen (secondary N) is 8. The Labute approximate surface area is 584 Å². The number of hydrogen-bond acceptors (Lipinski definition) is 19. The first kappa shape index (κ1) is 82.0. The molecule has 8 N–H and O–H groups in total. The first-order valence-corrected chi connectivity index (χ1v) is 33.4. The summed E-state index contributed by atoms with van der Waals surface area (Å²) in [5, 5.41) is 21.3. The molecule has 0 unspecified atom stereocenters. The SMILES string of the molecule is C=CCCOc1cc(OCCC=C)c(C(=O)NCC(=O)Nc2ccc(OCCC=C)c(C(=O)NCC(=O)OCC/C=C/CCCC(=O)OCC(=O)Nc3ccc(OCCOCCOCCOC)c(C(=O)NCC(=O)Nc4cccc(NC(=O)CCCCC)c4)c3)c2)cc1C(=O)NCCCC. The van der Waals surface area contributed by atoms with Gasteiger partial charge in [0.05, 0.1) is 94.8 Å². The standard InChI is InChI=1S/C73H96N8O19/c1-7-12-20-26-64(82)78-52-24-23-25-53(43-52)79-65(83)48-75-71(89)57-45-55(29-31-61(57)98-42-41-94-40-39-93-38-37-92-6)81-67(85)51-100-68(86)27-21-18-17-19-22-36-99-69(87)50-77-72(90)56-44-54(28-30-60(56)95-33-14-9-3)80-66(84)49-76-73(91)59-46-58(70(88)74-32-13-8-2)62(96-34-15-10-4)47-63(59)97-35-16-11-5/h9-11,17,19,23-25,28-31,43-47H,3-5,7-8,12-16,18,20-22,26-27,32-42,48-51H2,1-2,6H3,(H,74,88)(H,75,89)(H,76,91)(H,77,90)(H,78,82)(H,79,83)(H,80,84)(H,81,85)/b19-17+.